The largest absolute Gasteiger partial charge is 0.496 e. The van der Waals surface area contributed by atoms with Crippen LogP contribution in [0.4, 0.5) is 0 Å². The molecule has 0 unspecified atom stereocenters. The molecule has 0 aliphatic carbocycles. The maximum atomic E-state index is 12.5. The molecule has 4 nitrogen and oxygen atoms in total. The number of methoxy groups -OCH3 is 1. The number of aryl methyl sites for hydroxylation is 1. The molecule has 3 aromatic rings. The van der Waals surface area contributed by atoms with E-state index in [-0.39, 0.29) is 0 Å². The summed E-state index contributed by atoms with van der Waals surface area (Å²) in [7, 11) is 0.621. The minimum absolute atomic E-state index is 0.474. The number of ether oxygens (including phenoxy) is 1. The number of nitrogens with zero attached hydrogens (tertiary/aromatic N) is 2. The fourth-order valence-electron chi connectivity index (χ4n) is 2.59. The van der Waals surface area contributed by atoms with Gasteiger partial charge in [-0.1, -0.05) is 35.9 Å². The summed E-state index contributed by atoms with van der Waals surface area (Å²) in [5, 5.41) is 4.35. The quantitative estimate of drug-likeness (QED) is 0.688. The summed E-state index contributed by atoms with van der Waals surface area (Å²) in [6.45, 7) is 2.02. The lowest BCUT2D eigenvalue weighted by molar-refractivity contribution is 0.411. The predicted octanol–water partition coefficient (Wildman–Crippen LogP) is 3.64. The highest BCUT2D eigenvalue weighted by Gasteiger charge is 2.10. The summed E-state index contributed by atoms with van der Waals surface area (Å²) >= 11 is 0. The Bertz CT molecular complexity index is 844. The van der Waals surface area contributed by atoms with Crippen molar-refractivity contribution in [2.75, 3.05) is 7.11 Å². The van der Waals surface area contributed by atoms with Crippen LogP contribution in [0.1, 0.15) is 16.7 Å². The average molecular weight is 340 g/mol. The Morgan fingerprint density at radius 2 is 1.92 bits per heavy atom. The summed E-state index contributed by atoms with van der Waals surface area (Å²) < 4.78 is 19.7. The standard InChI is InChI=1S/C19H20N2O2S/c1-15-8-9-19(23-2)17(10-15)14-24(22)13-16-11-20-21(12-16)18-6-4-3-5-7-18/h3-12H,13-14H2,1-2H3/t24-/m1/s1. The van der Waals surface area contributed by atoms with Gasteiger partial charge in [0.25, 0.3) is 0 Å². The van der Waals surface area contributed by atoms with Gasteiger partial charge in [0, 0.05) is 28.1 Å². The first-order valence-corrected chi connectivity index (χ1v) is 9.22. The van der Waals surface area contributed by atoms with E-state index in [4.69, 9.17) is 4.74 Å². The highest BCUT2D eigenvalue weighted by Crippen LogP contribution is 2.22. The lowest BCUT2D eigenvalue weighted by Crippen LogP contribution is -2.01. The van der Waals surface area contributed by atoms with Crippen LogP contribution in [-0.2, 0) is 22.3 Å². The van der Waals surface area contributed by atoms with Crippen molar-refractivity contribution in [1.82, 2.24) is 9.78 Å². The molecule has 0 amide bonds. The number of benzene rings is 2. The van der Waals surface area contributed by atoms with E-state index in [0.29, 0.717) is 11.5 Å². The van der Waals surface area contributed by atoms with Crippen molar-refractivity contribution < 1.29 is 8.95 Å². The molecular formula is C19H20N2O2S. The van der Waals surface area contributed by atoms with Gasteiger partial charge in [0.1, 0.15) is 5.75 Å². The predicted molar refractivity (Wildman–Crippen MR) is 96.8 cm³/mol. The van der Waals surface area contributed by atoms with Gasteiger partial charge in [-0.3, -0.25) is 4.21 Å². The molecule has 0 fully saturated rings. The third-order valence-electron chi connectivity index (χ3n) is 3.74. The molecule has 24 heavy (non-hydrogen) atoms. The monoisotopic (exact) mass is 340 g/mol. The second-order valence-corrected chi connectivity index (χ2v) is 7.13. The summed E-state index contributed by atoms with van der Waals surface area (Å²) in [5.41, 5.74) is 4.07. The van der Waals surface area contributed by atoms with Crippen molar-refractivity contribution in [3.63, 3.8) is 0 Å². The maximum absolute atomic E-state index is 12.5. The first-order valence-electron chi connectivity index (χ1n) is 7.73. The molecule has 1 atom stereocenters. The van der Waals surface area contributed by atoms with Gasteiger partial charge in [-0.15, -0.1) is 0 Å². The zero-order chi connectivity index (χ0) is 16.9. The Morgan fingerprint density at radius 1 is 1.12 bits per heavy atom. The van der Waals surface area contributed by atoms with Crippen molar-refractivity contribution in [1.29, 1.82) is 0 Å². The number of para-hydroxylation sites is 1. The Hall–Kier alpha value is -2.40. The number of rotatable bonds is 6. The van der Waals surface area contributed by atoms with Crippen molar-refractivity contribution in [2.45, 2.75) is 18.4 Å². The Balaban J connectivity index is 1.70. The van der Waals surface area contributed by atoms with Gasteiger partial charge in [0.15, 0.2) is 0 Å². The van der Waals surface area contributed by atoms with E-state index in [1.165, 1.54) is 0 Å². The number of aromatic nitrogens is 2. The normalized spacial score (nSPS) is 12.1. The van der Waals surface area contributed by atoms with Crippen LogP contribution in [0.3, 0.4) is 0 Å². The van der Waals surface area contributed by atoms with Gasteiger partial charge in [-0.25, -0.2) is 4.68 Å². The van der Waals surface area contributed by atoms with E-state index < -0.39 is 10.8 Å². The first kappa shape index (κ1) is 16.5. The minimum Gasteiger partial charge on any atom is -0.496 e. The van der Waals surface area contributed by atoms with E-state index in [1.807, 2.05) is 61.7 Å². The van der Waals surface area contributed by atoms with Crippen molar-refractivity contribution in [3.8, 4) is 11.4 Å². The molecule has 124 valence electrons. The van der Waals surface area contributed by atoms with E-state index in [2.05, 4.69) is 5.10 Å². The fraction of sp³-hybridized carbons (Fsp3) is 0.211. The summed E-state index contributed by atoms with van der Waals surface area (Å²) in [4.78, 5) is 0. The topological polar surface area (TPSA) is 44.1 Å². The van der Waals surface area contributed by atoms with E-state index in [9.17, 15) is 4.21 Å². The van der Waals surface area contributed by atoms with Crippen LogP contribution in [0.2, 0.25) is 0 Å². The van der Waals surface area contributed by atoms with Gasteiger partial charge >= 0.3 is 0 Å². The molecule has 2 aromatic carbocycles. The van der Waals surface area contributed by atoms with Gasteiger partial charge in [-0.2, -0.15) is 5.10 Å². The molecule has 3 rings (SSSR count). The van der Waals surface area contributed by atoms with Crippen molar-refractivity contribution >= 4 is 10.8 Å². The van der Waals surface area contributed by atoms with Gasteiger partial charge < -0.3 is 4.74 Å². The molecule has 0 spiro atoms. The molecule has 1 aromatic heterocycles. The molecule has 0 aliphatic rings. The second kappa shape index (κ2) is 7.45. The fourth-order valence-corrected chi connectivity index (χ4v) is 3.78. The SMILES string of the molecule is COc1ccc(C)cc1C[S@](=O)Cc1cnn(-c2ccccc2)c1. The molecular weight excluding hydrogens is 320 g/mol. The summed E-state index contributed by atoms with van der Waals surface area (Å²) in [6, 6.07) is 15.8. The lowest BCUT2D eigenvalue weighted by Gasteiger charge is -2.09. The third-order valence-corrected chi connectivity index (χ3v) is 5.03. The highest BCUT2D eigenvalue weighted by molar-refractivity contribution is 7.83. The van der Waals surface area contributed by atoms with Crippen LogP contribution in [0.25, 0.3) is 5.69 Å². The molecule has 0 saturated carbocycles. The van der Waals surface area contributed by atoms with Gasteiger partial charge in [-0.05, 0) is 25.1 Å². The molecule has 0 radical (unpaired) electrons. The van der Waals surface area contributed by atoms with Crippen LogP contribution in [0.5, 0.6) is 5.75 Å². The third kappa shape index (κ3) is 3.92. The van der Waals surface area contributed by atoms with E-state index in [0.717, 1.165) is 28.1 Å². The van der Waals surface area contributed by atoms with E-state index >= 15 is 0 Å². The van der Waals surface area contributed by atoms with E-state index in [1.54, 1.807) is 18.0 Å². The zero-order valence-corrected chi connectivity index (χ0v) is 14.6. The first-order chi connectivity index (χ1) is 11.7. The Labute approximate surface area is 144 Å². The van der Waals surface area contributed by atoms with Crippen molar-refractivity contribution in [2.24, 2.45) is 0 Å². The molecule has 1 heterocycles. The molecule has 0 aliphatic heterocycles. The van der Waals surface area contributed by atoms with Crippen LogP contribution < -0.4 is 4.74 Å². The minimum atomic E-state index is -1.02. The summed E-state index contributed by atoms with van der Waals surface area (Å²) in [6.07, 6.45) is 3.71. The molecule has 0 saturated heterocycles. The number of hydrogen-bond donors (Lipinski definition) is 0. The summed E-state index contributed by atoms with van der Waals surface area (Å²) in [5.74, 6) is 1.74. The number of hydrogen-bond acceptors (Lipinski definition) is 3. The smallest absolute Gasteiger partial charge is 0.123 e. The second-order valence-electron chi connectivity index (χ2n) is 5.67. The molecule has 0 N–H and O–H groups in total. The average Bonchev–Trinajstić information content (AvgIpc) is 3.04. The lowest BCUT2D eigenvalue weighted by atomic mass is 10.1. The molecule has 0 bridgehead atoms. The zero-order valence-electron chi connectivity index (χ0n) is 13.8. The Morgan fingerprint density at radius 3 is 2.67 bits per heavy atom. The van der Waals surface area contributed by atoms with Crippen LogP contribution in [0.15, 0.2) is 60.9 Å². The van der Waals surface area contributed by atoms with Crippen molar-refractivity contribution in [3.05, 3.63) is 77.6 Å². The van der Waals surface area contributed by atoms with Crippen LogP contribution in [0, 0.1) is 6.92 Å². The Kier molecular flexibility index (Phi) is 5.11. The maximum Gasteiger partial charge on any atom is 0.123 e. The van der Waals surface area contributed by atoms with Gasteiger partial charge in [0.05, 0.1) is 30.5 Å². The van der Waals surface area contributed by atoms with Crippen LogP contribution >= 0.6 is 0 Å². The molecule has 5 heteroatoms. The van der Waals surface area contributed by atoms with Crippen LogP contribution in [-0.4, -0.2) is 21.1 Å². The van der Waals surface area contributed by atoms with Gasteiger partial charge in [0.2, 0.25) is 0 Å². The highest BCUT2D eigenvalue weighted by atomic mass is 32.2.